The molecular formula is C15H22ClN5S. The molecule has 0 amide bonds. The molecule has 2 aromatic heterocycles. The quantitative estimate of drug-likeness (QED) is 0.650. The van der Waals surface area contributed by atoms with E-state index in [9.17, 15) is 0 Å². The van der Waals surface area contributed by atoms with Crippen LogP contribution in [0.3, 0.4) is 0 Å². The van der Waals surface area contributed by atoms with Crippen molar-refractivity contribution in [3.05, 3.63) is 38.3 Å². The summed E-state index contributed by atoms with van der Waals surface area (Å²) >= 11 is 7.55. The zero-order valence-electron chi connectivity index (χ0n) is 13.4. The highest BCUT2D eigenvalue weighted by Crippen LogP contribution is 2.21. The molecule has 0 aliphatic carbocycles. The van der Waals surface area contributed by atoms with Crippen molar-refractivity contribution in [2.45, 2.75) is 26.8 Å². The van der Waals surface area contributed by atoms with Gasteiger partial charge in [0.25, 0.3) is 0 Å². The Morgan fingerprint density at radius 3 is 2.68 bits per heavy atom. The lowest BCUT2D eigenvalue weighted by Gasteiger charge is -2.11. The van der Waals surface area contributed by atoms with Gasteiger partial charge in [-0.3, -0.25) is 9.67 Å². The van der Waals surface area contributed by atoms with Crippen molar-refractivity contribution < 1.29 is 0 Å². The molecule has 0 aliphatic rings. The normalized spacial score (nSPS) is 11.8. The van der Waals surface area contributed by atoms with Crippen LogP contribution in [-0.2, 0) is 20.0 Å². The van der Waals surface area contributed by atoms with Gasteiger partial charge < -0.3 is 10.6 Å². The molecule has 0 aliphatic heterocycles. The van der Waals surface area contributed by atoms with Gasteiger partial charge in [-0.2, -0.15) is 5.10 Å². The van der Waals surface area contributed by atoms with Gasteiger partial charge in [0.1, 0.15) is 0 Å². The average molecular weight is 340 g/mol. The largest absolute Gasteiger partial charge is 0.356 e. The molecule has 0 radical (unpaired) electrons. The van der Waals surface area contributed by atoms with Gasteiger partial charge in [0, 0.05) is 43.3 Å². The Balaban J connectivity index is 1.82. The van der Waals surface area contributed by atoms with E-state index in [1.807, 2.05) is 24.7 Å². The van der Waals surface area contributed by atoms with Gasteiger partial charge in [-0.15, -0.1) is 11.3 Å². The van der Waals surface area contributed by atoms with Crippen molar-refractivity contribution in [1.82, 2.24) is 20.4 Å². The molecule has 2 rings (SSSR count). The summed E-state index contributed by atoms with van der Waals surface area (Å²) in [5, 5.41) is 11.1. The number of hydrogen-bond donors (Lipinski definition) is 2. The molecule has 0 fully saturated rings. The standard InChI is InChI=1S/C15H22ClN5S/c1-10-13(11(2)21(4)20-10)9-19-15(17-3)18-8-7-12-5-6-14(16)22-12/h5-6H,7-9H2,1-4H3,(H2,17,18,19). The Morgan fingerprint density at radius 1 is 1.36 bits per heavy atom. The van der Waals surface area contributed by atoms with E-state index in [1.165, 1.54) is 16.1 Å². The number of aliphatic imine (C=N–C) groups is 1. The van der Waals surface area contributed by atoms with Gasteiger partial charge >= 0.3 is 0 Å². The highest BCUT2D eigenvalue weighted by molar-refractivity contribution is 7.16. The molecule has 0 aromatic carbocycles. The Morgan fingerprint density at radius 2 is 2.14 bits per heavy atom. The smallest absolute Gasteiger partial charge is 0.191 e. The van der Waals surface area contributed by atoms with E-state index in [-0.39, 0.29) is 0 Å². The van der Waals surface area contributed by atoms with Crippen LogP contribution in [0.4, 0.5) is 0 Å². The summed E-state index contributed by atoms with van der Waals surface area (Å²) in [7, 11) is 3.74. The lowest BCUT2D eigenvalue weighted by Crippen LogP contribution is -2.38. The first kappa shape index (κ1) is 16.8. The highest BCUT2D eigenvalue weighted by Gasteiger charge is 2.09. The van der Waals surface area contributed by atoms with Gasteiger partial charge in [-0.1, -0.05) is 11.6 Å². The maximum Gasteiger partial charge on any atom is 0.191 e. The molecule has 120 valence electrons. The first-order chi connectivity index (χ1) is 10.5. The second-order valence-electron chi connectivity index (χ2n) is 5.08. The monoisotopic (exact) mass is 339 g/mol. The molecule has 22 heavy (non-hydrogen) atoms. The Labute approximate surface area is 140 Å². The summed E-state index contributed by atoms with van der Waals surface area (Å²) in [5.74, 6) is 0.797. The van der Waals surface area contributed by atoms with Crippen molar-refractivity contribution in [1.29, 1.82) is 0 Å². The fourth-order valence-corrected chi connectivity index (χ4v) is 3.34. The fraction of sp³-hybridized carbons (Fsp3) is 0.467. The Hall–Kier alpha value is -1.53. The van der Waals surface area contributed by atoms with Crippen LogP contribution < -0.4 is 10.6 Å². The van der Waals surface area contributed by atoms with Crippen LogP contribution in [0.15, 0.2) is 17.1 Å². The van der Waals surface area contributed by atoms with Crippen LogP contribution in [0.25, 0.3) is 0 Å². The maximum absolute atomic E-state index is 5.93. The summed E-state index contributed by atoms with van der Waals surface area (Å²) in [6.45, 7) is 5.64. The van der Waals surface area contributed by atoms with Crippen molar-refractivity contribution in [2.24, 2.45) is 12.0 Å². The average Bonchev–Trinajstić information content (AvgIpc) is 2.99. The molecule has 2 heterocycles. The zero-order chi connectivity index (χ0) is 16.1. The molecule has 0 unspecified atom stereocenters. The molecule has 0 atom stereocenters. The number of guanidine groups is 1. The predicted molar refractivity (Wildman–Crippen MR) is 93.9 cm³/mol. The van der Waals surface area contributed by atoms with Gasteiger partial charge in [0.05, 0.1) is 10.0 Å². The predicted octanol–water partition coefficient (Wildman–Crippen LogP) is 2.66. The lowest BCUT2D eigenvalue weighted by molar-refractivity contribution is 0.728. The third kappa shape index (κ3) is 4.24. The maximum atomic E-state index is 5.93. The molecule has 0 bridgehead atoms. The molecule has 7 heteroatoms. The van der Waals surface area contributed by atoms with Crippen molar-refractivity contribution in [3.8, 4) is 0 Å². The zero-order valence-corrected chi connectivity index (χ0v) is 15.0. The topological polar surface area (TPSA) is 54.2 Å². The van der Waals surface area contributed by atoms with E-state index in [4.69, 9.17) is 11.6 Å². The van der Waals surface area contributed by atoms with Crippen LogP contribution in [0.1, 0.15) is 21.8 Å². The van der Waals surface area contributed by atoms with Crippen LogP contribution in [0.5, 0.6) is 0 Å². The van der Waals surface area contributed by atoms with Crippen molar-refractivity contribution in [2.75, 3.05) is 13.6 Å². The first-order valence-corrected chi connectivity index (χ1v) is 8.38. The van der Waals surface area contributed by atoms with Crippen molar-refractivity contribution >= 4 is 28.9 Å². The number of aryl methyl sites for hydroxylation is 2. The van der Waals surface area contributed by atoms with Gasteiger partial charge in [0.2, 0.25) is 0 Å². The third-order valence-electron chi connectivity index (χ3n) is 3.61. The summed E-state index contributed by atoms with van der Waals surface area (Å²) in [4.78, 5) is 5.52. The molecule has 0 saturated carbocycles. The number of aromatic nitrogens is 2. The summed E-state index contributed by atoms with van der Waals surface area (Å²) < 4.78 is 2.74. The minimum atomic E-state index is 0.718. The third-order valence-corrected chi connectivity index (χ3v) is 4.90. The molecule has 2 N–H and O–H groups in total. The number of halogens is 1. The van der Waals surface area contributed by atoms with Gasteiger partial charge in [0.15, 0.2) is 5.96 Å². The summed E-state index contributed by atoms with van der Waals surface area (Å²) in [6, 6.07) is 4.00. The second kappa shape index (κ2) is 7.65. The minimum Gasteiger partial charge on any atom is -0.356 e. The van der Waals surface area contributed by atoms with E-state index >= 15 is 0 Å². The SMILES string of the molecule is CN=C(NCCc1ccc(Cl)s1)NCc1c(C)nn(C)c1C. The second-order valence-corrected chi connectivity index (χ2v) is 6.88. The van der Waals surface area contributed by atoms with Crippen LogP contribution in [-0.4, -0.2) is 29.3 Å². The van der Waals surface area contributed by atoms with E-state index in [0.717, 1.165) is 35.5 Å². The number of rotatable bonds is 5. The van der Waals surface area contributed by atoms with E-state index in [0.29, 0.717) is 0 Å². The number of hydrogen-bond acceptors (Lipinski definition) is 3. The number of nitrogens with zero attached hydrogens (tertiary/aromatic N) is 3. The van der Waals surface area contributed by atoms with E-state index < -0.39 is 0 Å². The van der Waals surface area contributed by atoms with Gasteiger partial charge in [-0.05, 0) is 32.4 Å². The van der Waals surface area contributed by atoms with E-state index in [1.54, 1.807) is 18.4 Å². The summed E-state index contributed by atoms with van der Waals surface area (Å²) in [5.41, 5.74) is 3.44. The first-order valence-electron chi connectivity index (χ1n) is 7.19. The fourth-order valence-electron chi connectivity index (χ4n) is 2.26. The molecule has 0 saturated heterocycles. The van der Waals surface area contributed by atoms with Gasteiger partial charge in [-0.25, -0.2) is 0 Å². The van der Waals surface area contributed by atoms with E-state index in [2.05, 4.69) is 33.7 Å². The molecule has 0 spiro atoms. The number of thiophene rings is 1. The lowest BCUT2D eigenvalue weighted by atomic mass is 10.2. The minimum absolute atomic E-state index is 0.718. The Kier molecular flexibility index (Phi) is 5.85. The molecule has 2 aromatic rings. The molecule has 5 nitrogen and oxygen atoms in total. The summed E-state index contributed by atoms with van der Waals surface area (Å²) in [6.07, 6.45) is 0.934. The molecular weight excluding hydrogens is 318 g/mol. The number of nitrogens with one attached hydrogen (secondary N) is 2. The van der Waals surface area contributed by atoms with Crippen LogP contribution in [0.2, 0.25) is 4.34 Å². The van der Waals surface area contributed by atoms with Crippen LogP contribution in [0, 0.1) is 13.8 Å². The highest BCUT2D eigenvalue weighted by atomic mass is 35.5. The Bertz CT molecular complexity index is 659. The van der Waals surface area contributed by atoms with Crippen LogP contribution >= 0.6 is 22.9 Å². The van der Waals surface area contributed by atoms with Crippen molar-refractivity contribution in [3.63, 3.8) is 0 Å².